The van der Waals surface area contributed by atoms with Gasteiger partial charge in [0, 0.05) is 7.11 Å². The van der Waals surface area contributed by atoms with Crippen molar-refractivity contribution in [3.63, 3.8) is 0 Å². The minimum absolute atomic E-state index is 0.420. The van der Waals surface area contributed by atoms with Crippen LogP contribution in [0.15, 0.2) is 12.7 Å². The zero-order chi connectivity index (χ0) is 15.1. The zero-order valence-electron chi connectivity index (χ0n) is 14.4. The van der Waals surface area contributed by atoms with E-state index in [-0.39, 0.29) is 0 Å². The van der Waals surface area contributed by atoms with E-state index in [2.05, 4.69) is 13.5 Å². The maximum Gasteiger partial charge on any atom is 0.0633 e. The SMILES string of the molecule is C=CCC(OC)C1CCC(C2CCC(CCC)CC2)CC1. The average molecular weight is 293 g/mol. The summed E-state index contributed by atoms with van der Waals surface area (Å²) in [4.78, 5) is 0. The van der Waals surface area contributed by atoms with Crippen molar-refractivity contribution in [3.8, 4) is 0 Å². The predicted octanol–water partition coefficient (Wildman–Crippen LogP) is 5.99. The van der Waals surface area contributed by atoms with Gasteiger partial charge in [0.1, 0.15) is 0 Å². The van der Waals surface area contributed by atoms with Gasteiger partial charge in [-0.1, -0.05) is 38.7 Å². The van der Waals surface area contributed by atoms with Crippen LogP contribution in [0.5, 0.6) is 0 Å². The van der Waals surface area contributed by atoms with Gasteiger partial charge in [0.25, 0.3) is 0 Å². The third-order valence-electron chi connectivity index (χ3n) is 6.30. The van der Waals surface area contributed by atoms with Gasteiger partial charge in [-0.25, -0.2) is 0 Å². The Kier molecular flexibility index (Phi) is 7.29. The van der Waals surface area contributed by atoms with Crippen LogP contribution in [0.25, 0.3) is 0 Å². The van der Waals surface area contributed by atoms with Crippen LogP contribution in [0, 0.1) is 23.7 Å². The molecular formula is C20H36O. The summed E-state index contributed by atoms with van der Waals surface area (Å²) in [5.41, 5.74) is 0. The lowest BCUT2D eigenvalue weighted by Gasteiger charge is -2.39. The summed E-state index contributed by atoms with van der Waals surface area (Å²) in [6.07, 6.45) is 18.0. The van der Waals surface area contributed by atoms with Crippen LogP contribution in [0.3, 0.4) is 0 Å². The number of ether oxygens (including phenoxy) is 1. The van der Waals surface area contributed by atoms with Crippen molar-refractivity contribution in [3.05, 3.63) is 12.7 Å². The lowest BCUT2D eigenvalue weighted by Crippen LogP contribution is -2.30. The van der Waals surface area contributed by atoms with Gasteiger partial charge in [0.2, 0.25) is 0 Å². The van der Waals surface area contributed by atoms with Crippen LogP contribution >= 0.6 is 0 Å². The van der Waals surface area contributed by atoms with Gasteiger partial charge in [0.15, 0.2) is 0 Å². The van der Waals surface area contributed by atoms with Crippen molar-refractivity contribution in [2.45, 2.75) is 83.7 Å². The van der Waals surface area contributed by atoms with Gasteiger partial charge in [-0.15, -0.1) is 6.58 Å². The first-order chi connectivity index (χ1) is 10.3. The van der Waals surface area contributed by atoms with Gasteiger partial charge in [-0.3, -0.25) is 0 Å². The lowest BCUT2D eigenvalue weighted by atomic mass is 9.68. The summed E-state index contributed by atoms with van der Waals surface area (Å²) in [5.74, 6) is 3.89. The topological polar surface area (TPSA) is 9.23 Å². The molecule has 2 aliphatic rings. The second-order valence-corrected chi connectivity index (χ2v) is 7.54. The molecule has 0 aromatic rings. The number of methoxy groups -OCH3 is 1. The molecule has 0 aliphatic heterocycles. The molecule has 21 heavy (non-hydrogen) atoms. The van der Waals surface area contributed by atoms with Crippen LogP contribution in [-0.2, 0) is 4.74 Å². The average Bonchev–Trinajstić information content (AvgIpc) is 2.54. The number of hydrogen-bond donors (Lipinski definition) is 0. The Labute approximate surface area is 132 Å². The van der Waals surface area contributed by atoms with Crippen molar-refractivity contribution in [1.82, 2.24) is 0 Å². The standard InChI is InChI=1S/C20H36O/c1-4-6-16-8-10-17(11-9-16)18-12-14-19(15-13-18)20(21-3)7-5-2/h5,16-20H,2,4,6-15H2,1,3H3. The molecule has 0 aromatic carbocycles. The molecule has 1 nitrogen and oxygen atoms in total. The highest BCUT2D eigenvalue weighted by Crippen LogP contribution is 2.43. The number of rotatable bonds is 7. The van der Waals surface area contributed by atoms with Gasteiger partial charge in [-0.05, 0) is 68.6 Å². The fourth-order valence-corrected chi connectivity index (χ4v) is 4.99. The fourth-order valence-electron chi connectivity index (χ4n) is 4.99. The highest BCUT2D eigenvalue weighted by atomic mass is 16.5. The van der Waals surface area contributed by atoms with Gasteiger partial charge >= 0.3 is 0 Å². The van der Waals surface area contributed by atoms with E-state index in [0.29, 0.717) is 6.10 Å². The van der Waals surface area contributed by atoms with Crippen molar-refractivity contribution in [2.75, 3.05) is 7.11 Å². The molecule has 2 saturated carbocycles. The van der Waals surface area contributed by atoms with E-state index in [9.17, 15) is 0 Å². The monoisotopic (exact) mass is 292 g/mol. The van der Waals surface area contributed by atoms with E-state index in [0.717, 1.165) is 30.1 Å². The largest absolute Gasteiger partial charge is 0.381 e. The summed E-state index contributed by atoms with van der Waals surface area (Å²) < 4.78 is 5.68. The first-order valence-electron chi connectivity index (χ1n) is 9.42. The Morgan fingerprint density at radius 2 is 1.57 bits per heavy atom. The predicted molar refractivity (Wildman–Crippen MR) is 91.4 cm³/mol. The lowest BCUT2D eigenvalue weighted by molar-refractivity contribution is 0.0229. The zero-order valence-corrected chi connectivity index (χ0v) is 14.4. The first kappa shape index (κ1) is 17.1. The molecule has 0 radical (unpaired) electrons. The van der Waals surface area contributed by atoms with E-state index in [1.165, 1.54) is 64.2 Å². The van der Waals surface area contributed by atoms with Crippen LogP contribution in [0.2, 0.25) is 0 Å². The quantitative estimate of drug-likeness (QED) is 0.524. The molecule has 122 valence electrons. The molecule has 2 fully saturated rings. The third-order valence-corrected chi connectivity index (χ3v) is 6.30. The van der Waals surface area contributed by atoms with Crippen molar-refractivity contribution < 1.29 is 4.74 Å². The first-order valence-corrected chi connectivity index (χ1v) is 9.42. The molecule has 0 heterocycles. The third kappa shape index (κ3) is 4.84. The van der Waals surface area contributed by atoms with Gasteiger partial charge < -0.3 is 4.74 Å². The van der Waals surface area contributed by atoms with E-state index in [1.54, 1.807) is 0 Å². The highest BCUT2D eigenvalue weighted by molar-refractivity contribution is 4.86. The summed E-state index contributed by atoms with van der Waals surface area (Å²) in [7, 11) is 1.87. The van der Waals surface area contributed by atoms with E-state index in [4.69, 9.17) is 4.74 Å². The van der Waals surface area contributed by atoms with E-state index in [1.807, 2.05) is 13.2 Å². The molecule has 0 saturated heterocycles. The van der Waals surface area contributed by atoms with Crippen LogP contribution in [0.4, 0.5) is 0 Å². The minimum atomic E-state index is 0.420. The van der Waals surface area contributed by atoms with E-state index < -0.39 is 0 Å². The Morgan fingerprint density at radius 3 is 2.05 bits per heavy atom. The Morgan fingerprint density at radius 1 is 1.00 bits per heavy atom. The van der Waals surface area contributed by atoms with E-state index >= 15 is 0 Å². The fraction of sp³-hybridized carbons (Fsp3) is 0.900. The Bertz CT molecular complexity index is 282. The van der Waals surface area contributed by atoms with Crippen LogP contribution in [0.1, 0.15) is 77.6 Å². The molecular weight excluding hydrogens is 256 g/mol. The molecule has 2 aliphatic carbocycles. The Hall–Kier alpha value is -0.300. The maximum absolute atomic E-state index is 5.68. The second kappa shape index (κ2) is 8.98. The summed E-state index contributed by atoms with van der Waals surface area (Å²) in [6, 6.07) is 0. The summed E-state index contributed by atoms with van der Waals surface area (Å²) in [6.45, 7) is 6.21. The van der Waals surface area contributed by atoms with Gasteiger partial charge in [-0.2, -0.15) is 0 Å². The summed E-state index contributed by atoms with van der Waals surface area (Å²) in [5, 5.41) is 0. The van der Waals surface area contributed by atoms with Gasteiger partial charge in [0.05, 0.1) is 6.10 Å². The maximum atomic E-state index is 5.68. The summed E-state index contributed by atoms with van der Waals surface area (Å²) >= 11 is 0. The van der Waals surface area contributed by atoms with Crippen molar-refractivity contribution >= 4 is 0 Å². The molecule has 0 N–H and O–H groups in total. The normalized spacial score (nSPS) is 35.3. The van der Waals surface area contributed by atoms with Crippen molar-refractivity contribution in [1.29, 1.82) is 0 Å². The molecule has 0 spiro atoms. The second-order valence-electron chi connectivity index (χ2n) is 7.54. The smallest absolute Gasteiger partial charge is 0.0633 e. The Balaban J connectivity index is 1.73. The molecule has 0 amide bonds. The van der Waals surface area contributed by atoms with Crippen LogP contribution < -0.4 is 0 Å². The molecule has 1 unspecified atom stereocenters. The molecule has 2 rings (SSSR count). The molecule has 1 atom stereocenters. The minimum Gasteiger partial charge on any atom is -0.381 e. The number of hydrogen-bond acceptors (Lipinski definition) is 1. The van der Waals surface area contributed by atoms with Crippen molar-refractivity contribution in [2.24, 2.45) is 23.7 Å². The highest BCUT2D eigenvalue weighted by Gasteiger charge is 2.32. The molecule has 0 aromatic heterocycles. The van der Waals surface area contributed by atoms with Crippen LogP contribution in [-0.4, -0.2) is 13.2 Å². The molecule has 0 bridgehead atoms. The molecule has 1 heteroatoms.